The third-order valence-corrected chi connectivity index (χ3v) is 2.52. The van der Waals surface area contributed by atoms with Crippen molar-refractivity contribution in [3.8, 4) is 0 Å². The van der Waals surface area contributed by atoms with Gasteiger partial charge in [0.2, 0.25) is 3.79 Å². The van der Waals surface area contributed by atoms with Crippen LogP contribution < -0.4 is 0 Å². The lowest BCUT2D eigenvalue weighted by Crippen LogP contribution is -2.38. The lowest BCUT2D eigenvalue weighted by atomic mass is 10.1. The summed E-state index contributed by atoms with van der Waals surface area (Å²) in [5.74, 6) is 0. The second kappa shape index (κ2) is 2.83. The van der Waals surface area contributed by atoms with Crippen LogP contribution >= 0.6 is 34.8 Å². The van der Waals surface area contributed by atoms with E-state index in [9.17, 15) is 5.11 Å². The number of rotatable bonds is 1. The molecule has 0 radical (unpaired) electrons. The standard InChI is InChI=1S/C5H9Cl3O/c1-3-4(2,9)5(6,7)8/h9H,3H2,1-2H3. The molecule has 0 aromatic carbocycles. The predicted octanol–water partition coefficient (Wildman–Crippen LogP) is 2.52. The van der Waals surface area contributed by atoms with Gasteiger partial charge in [0, 0.05) is 0 Å². The van der Waals surface area contributed by atoms with Crippen molar-refractivity contribution in [3.05, 3.63) is 0 Å². The molecule has 0 aromatic heterocycles. The molecule has 0 heterocycles. The molecule has 0 aromatic rings. The normalized spacial score (nSPS) is 19.3. The van der Waals surface area contributed by atoms with Gasteiger partial charge >= 0.3 is 0 Å². The summed E-state index contributed by atoms with van der Waals surface area (Å²) in [4.78, 5) is 0. The Balaban J connectivity index is 4.14. The molecule has 0 bridgehead atoms. The zero-order valence-electron chi connectivity index (χ0n) is 5.29. The van der Waals surface area contributed by atoms with Crippen molar-refractivity contribution in [1.82, 2.24) is 0 Å². The Hall–Kier alpha value is 0.830. The minimum absolute atomic E-state index is 0.420. The average molecular weight is 191 g/mol. The summed E-state index contributed by atoms with van der Waals surface area (Å²) in [6, 6.07) is 0. The van der Waals surface area contributed by atoms with Crippen LogP contribution in [0.3, 0.4) is 0 Å². The Labute approximate surface area is 69.9 Å². The van der Waals surface area contributed by atoms with Crippen molar-refractivity contribution in [2.75, 3.05) is 0 Å². The lowest BCUT2D eigenvalue weighted by molar-refractivity contribution is 0.0600. The Bertz CT molecular complexity index is 94.9. The summed E-state index contributed by atoms with van der Waals surface area (Å²) in [6.45, 7) is 3.24. The number of hydrogen-bond donors (Lipinski definition) is 1. The maximum absolute atomic E-state index is 9.26. The summed E-state index contributed by atoms with van der Waals surface area (Å²) in [5, 5.41) is 9.26. The van der Waals surface area contributed by atoms with Gasteiger partial charge in [-0.05, 0) is 13.3 Å². The first-order valence-electron chi connectivity index (χ1n) is 2.60. The van der Waals surface area contributed by atoms with Crippen molar-refractivity contribution < 1.29 is 5.11 Å². The molecule has 56 valence electrons. The average Bonchev–Trinajstić information content (AvgIpc) is 1.64. The van der Waals surface area contributed by atoms with E-state index in [2.05, 4.69) is 0 Å². The van der Waals surface area contributed by atoms with Crippen LogP contribution in [0, 0.1) is 0 Å². The first-order chi connectivity index (χ1) is 3.81. The molecular weight excluding hydrogens is 182 g/mol. The zero-order valence-corrected chi connectivity index (χ0v) is 7.56. The SMILES string of the molecule is CCC(C)(O)C(Cl)(Cl)Cl. The third kappa shape index (κ3) is 2.50. The Kier molecular flexibility index (Phi) is 3.09. The Morgan fingerprint density at radius 1 is 1.33 bits per heavy atom. The van der Waals surface area contributed by atoms with Crippen LogP contribution in [0.2, 0.25) is 0 Å². The molecule has 1 nitrogen and oxygen atoms in total. The van der Waals surface area contributed by atoms with Gasteiger partial charge in [-0.3, -0.25) is 0 Å². The van der Waals surface area contributed by atoms with Gasteiger partial charge in [-0.25, -0.2) is 0 Å². The Morgan fingerprint density at radius 3 is 1.67 bits per heavy atom. The molecule has 1 unspecified atom stereocenters. The third-order valence-electron chi connectivity index (χ3n) is 1.30. The highest BCUT2D eigenvalue weighted by atomic mass is 35.6. The molecule has 4 heteroatoms. The smallest absolute Gasteiger partial charge is 0.218 e. The maximum Gasteiger partial charge on any atom is 0.218 e. The number of halogens is 3. The van der Waals surface area contributed by atoms with Crippen molar-refractivity contribution in [1.29, 1.82) is 0 Å². The second-order valence-corrected chi connectivity index (χ2v) is 4.41. The molecule has 0 saturated heterocycles. The van der Waals surface area contributed by atoms with Gasteiger partial charge in [0.15, 0.2) is 0 Å². The van der Waals surface area contributed by atoms with E-state index in [0.717, 1.165) is 0 Å². The molecule has 1 atom stereocenters. The van der Waals surface area contributed by atoms with Crippen LogP contribution in [0.15, 0.2) is 0 Å². The number of hydrogen-bond acceptors (Lipinski definition) is 1. The quantitative estimate of drug-likeness (QED) is 0.632. The topological polar surface area (TPSA) is 20.2 Å². The van der Waals surface area contributed by atoms with E-state index in [-0.39, 0.29) is 0 Å². The first kappa shape index (κ1) is 9.83. The minimum Gasteiger partial charge on any atom is -0.386 e. The van der Waals surface area contributed by atoms with Crippen LogP contribution in [-0.2, 0) is 0 Å². The zero-order chi connectivity index (χ0) is 7.71. The molecule has 9 heavy (non-hydrogen) atoms. The van der Waals surface area contributed by atoms with Gasteiger partial charge in [0.05, 0.1) is 0 Å². The Morgan fingerprint density at radius 2 is 1.67 bits per heavy atom. The number of aliphatic hydroxyl groups is 1. The van der Waals surface area contributed by atoms with Gasteiger partial charge in [-0.15, -0.1) is 0 Å². The molecule has 0 saturated carbocycles. The van der Waals surface area contributed by atoms with Crippen LogP contribution in [0.1, 0.15) is 20.3 Å². The van der Waals surface area contributed by atoms with Crippen LogP contribution in [0.25, 0.3) is 0 Å². The number of alkyl halides is 3. The minimum atomic E-state index is -1.58. The molecule has 0 fully saturated rings. The fourth-order valence-electron chi connectivity index (χ4n) is 0.200. The maximum atomic E-state index is 9.26. The predicted molar refractivity (Wildman–Crippen MR) is 41.2 cm³/mol. The van der Waals surface area contributed by atoms with Crippen molar-refractivity contribution in [2.24, 2.45) is 0 Å². The molecule has 1 N–H and O–H groups in total. The summed E-state index contributed by atoms with van der Waals surface area (Å²) in [5.41, 5.74) is -1.22. The molecule has 0 rings (SSSR count). The highest BCUT2D eigenvalue weighted by Gasteiger charge is 2.40. The van der Waals surface area contributed by atoms with E-state index in [4.69, 9.17) is 34.8 Å². The van der Waals surface area contributed by atoms with E-state index < -0.39 is 9.39 Å². The van der Waals surface area contributed by atoms with Crippen LogP contribution in [-0.4, -0.2) is 14.5 Å². The summed E-state index contributed by atoms with van der Waals surface area (Å²) in [7, 11) is 0. The monoisotopic (exact) mass is 190 g/mol. The molecular formula is C5H9Cl3O. The van der Waals surface area contributed by atoms with E-state index in [0.29, 0.717) is 6.42 Å². The molecule has 0 aliphatic heterocycles. The van der Waals surface area contributed by atoms with E-state index in [1.165, 1.54) is 6.92 Å². The summed E-state index contributed by atoms with van der Waals surface area (Å²) < 4.78 is -1.58. The van der Waals surface area contributed by atoms with Gasteiger partial charge in [0.25, 0.3) is 0 Å². The second-order valence-electron chi connectivity index (χ2n) is 2.13. The van der Waals surface area contributed by atoms with Crippen molar-refractivity contribution in [2.45, 2.75) is 29.7 Å². The summed E-state index contributed by atoms with van der Waals surface area (Å²) in [6.07, 6.45) is 0.420. The fourth-order valence-corrected chi connectivity index (χ4v) is 0.601. The highest BCUT2D eigenvalue weighted by Crippen LogP contribution is 2.39. The molecule has 0 aliphatic carbocycles. The summed E-state index contributed by atoms with van der Waals surface area (Å²) >= 11 is 16.2. The van der Waals surface area contributed by atoms with E-state index in [1.807, 2.05) is 0 Å². The van der Waals surface area contributed by atoms with Crippen molar-refractivity contribution >= 4 is 34.8 Å². The van der Waals surface area contributed by atoms with Gasteiger partial charge < -0.3 is 5.11 Å². The van der Waals surface area contributed by atoms with Gasteiger partial charge in [0.1, 0.15) is 5.60 Å². The molecule has 0 aliphatic rings. The lowest BCUT2D eigenvalue weighted by Gasteiger charge is -2.29. The van der Waals surface area contributed by atoms with Crippen molar-refractivity contribution in [3.63, 3.8) is 0 Å². The van der Waals surface area contributed by atoms with Crippen LogP contribution in [0.5, 0.6) is 0 Å². The first-order valence-corrected chi connectivity index (χ1v) is 3.74. The molecule has 0 amide bonds. The highest BCUT2D eigenvalue weighted by molar-refractivity contribution is 6.68. The largest absolute Gasteiger partial charge is 0.386 e. The van der Waals surface area contributed by atoms with Gasteiger partial charge in [-0.1, -0.05) is 41.7 Å². The van der Waals surface area contributed by atoms with E-state index in [1.54, 1.807) is 6.92 Å². The van der Waals surface area contributed by atoms with Crippen LogP contribution in [0.4, 0.5) is 0 Å². The molecule has 0 spiro atoms. The fraction of sp³-hybridized carbons (Fsp3) is 1.00. The van der Waals surface area contributed by atoms with Gasteiger partial charge in [-0.2, -0.15) is 0 Å². The van der Waals surface area contributed by atoms with E-state index >= 15 is 0 Å².